The summed E-state index contributed by atoms with van der Waals surface area (Å²) >= 11 is 0. The van der Waals surface area contributed by atoms with Crippen LogP contribution in [0.15, 0.2) is 42.1 Å². The summed E-state index contributed by atoms with van der Waals surface area (Å²) in [5.41, 5.74) is 0.0700. The lowest BCUT2D eigenvalue weighted by Crippen LogP contribution is -2.50. The van der Waals surface area contributed by atoms with Crippen LogP contribution in [0.3, 0.4) is 0 Å². The van der Waals surface area contributed by atoms with E-state index in [0.717, 1.165) is 19.3 Å². The highest BCUT2D eigenvalue weighted by Gasteiger charge is 2.50. The fourth-order valence-corrected chi connectivity index (χ4v) is 4.52. The van der Waals surface area contributed by atoms with Gasteiger partial charge >= 0.3 is 5.97 Å². The van der Waals surface area contributed by atoms with Gasteiger partial charge in [-0.25, -0.2) is 4.39 Å². The van der Waals surface area contributed by atoms with Crippen LogP contribution in [0.2, 0.25) is 0 Å². The predicted molar refractivity (Wildman–Crippen MR) is 106 cm³/mol. The summed E-state index contributed by atoms with van der Waals surface area (Å²) in [6, 6.07) is 7.45. The Hall–Kier alpha value is -3.42. The first-order valence-electron chi connectivity index (χ1n) is 9.81. The highest BCUT2D eigenvalue weighted by Crippen LogP contribution is 2.46. The van der Waals surface area contributed by atoms with Crippen LogP contribution in [-0.4, -0.2) is 39.0 Å². The third-order valence-electron chi connectivity index (χ3n) is 5.92. The molecule has 1 aromatic carbocycles. The molecule has 0 unspecified atom stereocenters. The van der Waals surface area contributed by atoms with Gasteiger partial charge in [0.2, 0.25) is 0 Å². The van der Waals surface area contributed by atoms with Gasteiger partial charge < -0.3 is 20.1 Å². The minimum atomic E-state index is -1.26. The van der Waals surface area contributed by atoms with Crippen molar-refractivity contribution in [2.45, 2.75) is 37.6 Å². The van der Waals surface area contributed by atoms with Crippen LogP contribution in [0.25, 0.3) is 16.9 Å². The molecule has 0 radical (unpaired) electrons. The van der Waals surface area contributed by atoms with E-state index in [1.54, 1.807) is 29.0 Å². The van der Waals surface area contributed by atoms with Gasteiger partial charge in [-0.1, -0.05) is 31.4 Å². The zero-order valence-electron chi connectivity index (χ0n) is 16.2. The molecule has 1 amide bonds. The van der Waals surface area contributed by atoms with Gasteiger partial charge in [0.1, 0.15) is 23.5 Å². The van der Waals surface area contributed by atoms with Crippen LogP contribution in [0.5, 0.6) is 0 Å². The number of rotatable bonds is 4. The molecule has 1 aliphatic heterocycles. The Kier molecular flexibility index (Phi) is 4.93. The Labute approximate surface area is 171 Å². The number of carbonyl (C=O) groups excluding carboxylic acids is 2. The Balaban J connectivity index is 1.90. The summed E-state index contributed by atoms with van der Waals surface area (Å²) in [6.07, 6.45) is 5.30. The molecule has 156 valence electrons. The fraction of sp³-hybridized carbons (Fsp3) is 0.318. The first-order valence-corrected chi connectivity index (χ1v) is 9.81. The minimum Gasteiger partial charge on any atom is -0.505 e. The molecule has 0 bridgehead atoms. The quantitative estimate of drug-likeness (QED) is 0.669. The number of halogens is 1. The number of nitrogens with one attached hydrogen (secondary N) is 1. The average molecular weight is 412 g/mol. The number of fused-ring (bicyclic) bond motifs is 2. The molecule has 1 aliphatic carbocycles. The first kappa shape index (κ1) is 19.9. The number of hydrogen-bond donors (Lipinski definition) is 3. The van der Waals surface area contributed by atoms with E-state index in [1.807, 2.05) is 0 Å². The van der Waals surface area contributed by atoms with E-state index in [9.17, 15) is 23.9 Å². The second-order valence-electron chi connectivity index (χ2n) is 7.68. The lowest BCUT2D eigenvalue weighted by Gasteiger charge is -2.41. The number of aliphatic hydroxyl groups excluding tert-OH is 1. The van der Waals surface area contributed by atoms with Crippen molar-refractivity contribution in [3.8, 4) is 11.1 Å². The molecule has 0 atom stereocenters. The number of benzene rings is 1. The molecule has 1 aromatic heterocycles. The maximum Gasteiger partial charge on any atom is 0.322 e. The van der Waals surface area contributed by atoms with E-state index in [2.05, 4.69) is 5.32 Å². The van der Waals surface area contributed by atoms with Crippen molar-refractivity contribution in [2.24, 2.45) is 0 Å². The average Bonchev–Trinajstić information content (AvgIpc) is 3.18. The number of hydrogen-bond acceptors (Lipinski definition) is 4. The summed E-state index contributed by atoms with van der Waals surface area (Å²) in [6.45, 7) is -0.665. The molecule has 30 heavy (non-hydrogen) atoms. The lowest BCUT2D eigenvalue weighted by atomic mass is 9.73. The molecule has 4 rings (SSSR count). The van der Waals surface area contributed by atoms with Crippen molar-refractivity contribution in [2.75, 3.05) is 6.54 Å². The molecule has 2 aliphatic rings. The topological polar surface area (TPSA) is 109 Å². The molecule has 0 saturated heterocycles. The summed E-state index contributed by atoms with van der Waals surface area (Å²) in [7, 11) is 0. The highest BCUT2D eigenvalue weighted by atomic mass is 19.1. The van der Waals surface area contributed by atoms with Gasteiger partial charge in [-0.05, 0) is 36.6 Å². The summed E-state index contributed by atoms with van der Waals surface area (Å²) < 4.78 is 15.1. The second-order valence-corrected chi connectivity index (χ2v) is 7.68. The number of ketones is 1. The van der Waals surface area contributed by atoms with Gasteiger partial charge in [0.05, 0.1) is 5.69 Å². The standard InChI is InChI=1S/C22H21FN2O5/c23-14-6-4-13(5-7-14)15-8-11-25-18(15)19(28)17(21(30)24-12-16(26)27)20(29)22(25)9-2-1-3-10-22/h4-8,11,28H,1-3,9-10,12H2,(H,24,30)(H,26,27). The number of nitrogens with zero attached hydrogens (tertiary/aromatic N) is 1. The molecule has 3 N–H and O–H groups in total. The first-order chi connectivity index (χ1) is 14.3. The maximum absolute atomic E-state index is 13.5. The predicted octanol–water partition coefficient (Wildman–Crippen LogP) is 3.01. The van der Waals surface area contributed by atoms with Crippen LogP contribution < -0.4 is 5.32 Å². The van der Waals surface area contributed by atoms with Crippen LogP contribution in [0.1, 0.15) is 37.8 Å². The molecule has 1 fully saturated rings. The van der Waals surface area contributed by atoms with Crippen LogP contribution in [0.4, 0.5) is 4.39 Å². The normalized spacial score (nSPS) is 17.7. The summed E-state index contributed by atoms with van der Waals surface area (Å²) in [5.74, 6) is -3.57. The third-order valence-corrected chi connectivity index (χ3v) is 5.92. The SMILES string of the molecule is O=C(O)CNC(=O)C1=C(O)c2c(-c3ccc(F)cc3)ccn2C2(CCCCC2)C1=O. The van der Waals surface area contributed by atoms with E-state index in [1.165, 1.54) is 12.1 Å². The number of aliphatic carboxylic acids is 1. The zero-order valence-corrected chi connectivity index (χ0v) is 16.2. The molecule has 2 aromatic rings. The Bertz CT molecular complexity index is 1060. The van der Waals surface area contributed by atoms with Gasteiger partial charge in [0.15, 0.2) is 11.5 Å². The van der Waals surface area contributed by atoms with Crippen LogP contribution in [0, 0.1) is 5.82 Å². The van der Waals surface area contributed by atoms with E-state index >= 15 is 0 Å². The van der Waals surface area contributed by atoms with Gasteiger partial charge in [-0.15, -0.1) is 0 Å². The van der Waals surface area contributed by atoms with Gasteiger partial charge in [0.25, 0.3) is 5.91 Å². The third kappa shape index (κ3) is 3.08. The zero-order chi connectivity index (χ0) is 21.5. The molecule has 1 saturated carbocycles. The Morgan fingerprint density at radius 2 is 1.77 bits per heavy atom. The van der Waals surface area contributed by atoms with Crippen molar-refractivity contribution < 1.29 is 29.0 Å². The minimum absolute atomic E-state index is 0.309. The molecule has 1 spiro atoms. The Morgan fingerprint density at radius 1 is 1.10 bits per heavy atom. The van der Waals surface area contributed by atoms with Crippen LogP contribution >= 0.6 is 0 Å². The number of carboxylic acids is 1. The van der Waals surface area contributed by atoms with Crippen molar-refractivity contribution in [1.82, 2.24) is 9.88 Å². The summed E-state index contributed by atoms with van der Waals surface area (Å²) in [5, 5.41) is 22.0. The molecule has 2 heterocycles. The molecule has 8 heteroatoms. The van der Waals surface area contributed by atoms with Crippen molar-refractivity contribution in [1.29, 1.82) is 0 Å². The molecular formula is C22H21FN2O5. The number of amides is 1. The van der Waals surface area contributed by atoms with Crippen molar-refractivity contribution >= 4 is 23.4 Å². The highest BCUT2D eigenvalue weighted by molar-refractivity contribution is 6.27. The number of carboxylic acid groups (broad SMARTS) is 1. The molecular weight excluding hydrogens is 391 g/mol. The fourth-order valence-electron chi connectivity index (χ4n) is 4.52. The largest absolute Gasteiger partial charge is 0.505 e. The van der Waals surface area contributed by atoms with Crippen molar-refractivity contribution in [3.05, 3.63) is 53.6 Å². The summed E-state index contributed by atoms with van der Waals surface area (Å²) in [4.78, 5) is 37.0. The van der Waals surface area contributed by atoms with Crippen molar-refractivity contribution in [3.63, 3.8) is 0 Å². The van der Waals surface area contributed by atoms with E-state index in [-0.39, 0.29) is 0 Å². The van der Waals surface area contributed by atoms with Gasteiger partial charge in [-0.3, -0.25) is 14.4 Å². The van der Waals surface area contributed by atoms with E-state index in [0.29, 0.717) is 29.7 Å². The number of aliphatic hydroxyl groups is 1. The van der Waals surface area contributed by atoms with Crippen LogP contribution in [-0.2, 0) is 19.9 Å². The second kappa shape index (κ2) is 7.44. The van der Waals surface area contributed by atoms with Gasteiger partial charge in [0, 0.05) is 11.8 Å². The smallest absolute Gasteiger partial charge is 0.322 e. The monoisotopic (exact) mass is 412 g/mol. The lowest BCUT2D eigenvalue weighted by molar-refractivity contribution is -0.138. The molecule has 7 nitrogen and oxygen atoms in total. The number of Topliss-reactive ketones (excluding diaryl/α,β-unsaturated/α-hetero) is 1. The maximum atomic E-state index is 13.5. The number of aromatic nitrogens is 1. The van der Waals surface area contributed by atoms with E-state index < -0.39 is 46.9 Å². The van der Waals surface area contributed by atoms with Gasteiger partial charge in [-0.2, -0.15) is 0 Å². The van der Waals surface area contributed by atoms with E-state index in [4.69, 9.17) is 5.11 Å². The Morgan fingerprint density at radius 3 is 2.40 bits per heavy atom. The number of carbonyl (C=O) groups is 3.